The van der Waals surface area contributed by atoms with Crippen molar-refractivity contribution in [3.05, 3.63) is 17.7 Å². The molecular formula is C16H24N4O2. The van der Waals surface area contributed by atoms with Gasteiger partial charge in [-0.3, -0.25) is 9.59 Å². The van der Waals surface area contributed by atoms with Gasteiger partial charge in [0.25, 0.3) is 0 Å². The number of aryl methyl sites for hydroxylation is 1. The lowest BCUT2D eigenvalue weighted by molar-refractivity contribution is -0.140. The van der Waals surface area contributed by atoms with E-state index in [0.29, 0.717) is 13.0 Å². The molecule has 0 aliphatic carbocycles. The summed E-state index contributed by atoms with van der Waals surface area (Å²) < 4.78 is 0. The van der Waals surface area contributed by atoms with E-state index in [1.165, 1.54) is 0 Å². The zero-order valence-corrected chi connectivity index (χ0v) is 13.2. The number of carbonyl (C=O) groups is 2. The number of hydrogen-bond acceptors (Lipinski definition) is 3. The monoisotopic (exact) mass is 304 g/mol. The molecule has 2 aliphatic heterocycles. The van der Waals surface area contributed by atoms with Crippen molar-refractivity contribution < 1.29 is 9.59 Å². The van der Waals surface area contributed by atoms with Crippen molar-refractivity contribution in [3.8, 4) is 0 Å². The Bertz CT molecular complexity index is 554. The van der Waals surface area contributed by atoms with Crippen LogP contribution in [0.3, 0.4) is 0 Å². The fraction of sp³-hybridized carbons (Fsp3) is 0.688. The fourth-order valence-electron chi connectivity index (χ4n) is 3.41. The van der Waals surface area contributed by atoms with Crippen molar-refractivity contribution in [1.29, 1.82) is 0 Å². The Morgan fingerprint density at radius 2 is 2.18 bits per heavy atom. The van der Waals surface area contributed by atoms with E-state index in [2.05, 4.69) is 9.97 Å². The molecule has 120 valence electrons. The first-order valence-electron chi connectivity index (χ1n) is 8.24. The van der Waals surface area contributed by atoms with Crippen LogP contribution in [0.15, 0.2) is 6.20 Å². The number of aromatic nitrogens is 2. The number of H-pyrrole nitrogens is 1. The quantitative estimate of drug-likeness (QED) is 0.925. The molecule has 2 amide bonds. The van der Waals surface area contributed by atoms with Gasteiger partial charge >= 0.3 is 0 Å². The molecule has 1 aromatic heterocycles. The molecule has 2 aliphatic rings. The molecule has 2 fully saturated rings. The second-order valence-corrected chi connectivity index (χ2v) is 6.32. The van der Waals surface area contributed by atoms with Gasteiger partial charge in [-0.1, -0.05) is 6.42 Å². The van der Waals surface area contributed by atoms with Gasteiger partial charge in [0.1, 0.15) is 5.82 Å². The third-order valence-corrected chi connectivity index (χ3v) is 4.61. The lowest BCUT2D eigenvalue weighted by Gasteiger charge is -2.27. The summed E-state index contributed by atoms with van der Waals surface area (Å²) in [6.45, 7) is 3.65. The first kappa shape index (κ1) is 15.1. The Hall–Kier alpha value is -1.85. The molecule has 0 aromatic carbocycles. The molecule has 0 saturated carbocycles. The topological polar surface area (TPSA) is 69.3 Å². The largest absolute Gasteiger partial charge is 0.344 e. The maximum Gasteiger partial charge on any atom is 0.242 e. The van der Waals surface area contributed by atoms with E-state index < -0.39 is 0 Å². The molecule has 3 heterocycles. The Morgan fingerprint density at radius 3 is 2.95 bits per heavy atom. The Balaban J connectivity index is 1.66. The molecule has 3 rings (SSSR count). The smallest absolute Gasteiger partial charge is 0.242 e. The molecule has 22 heavy (non-hydrogen) atoms. The normalized spacial score (nSPS) is 23.0. The highest BCUT2D eigenvalue weighted by molar-refractivity contribution is 5.85. The van der Waals surface area contributed by atoms with Crippen molar-refractivity contribution >= 4 is 11.8 Å². The standard InChI is InChI=1S/C16H24N4O2/c1-12-10-17-16(18-12)13-6-5-9-20(13)15(22)11-19-8-4-2-3-7-14(19)21/h10,13H,2-9,11H2,1H3,(H,17,18)/t13-/m1/s1. The van der Waals surface area contributed by atoms with Crippen molar-refractivity contribution in [3.63, 3.8) is 0 Å². The summed E-state index contributed by atoms with van der Waals surface area (Å²) in [5.41, 5.74) is 1.01. The Kier molecular flexibility index (Phi) is 4.45. The van der Waals surface area contributed by atoms with Gasteiger partial charge in [0.2, 0.25) is 11.8 Å². The number of aromatic amines is 1. The zero-order chi connectivity index (χ0) is 15.5. The molecule has 1 aromatic rings. The lowest BCUT2D eigenvalue weighted by atomic mass is 10.2. The van der Waals surface area contributed by atoms with Crippen molar-refractivity contribution in [2.75, 3.05) is 19.6 Å². The number of likely N-dealkylation sites (tertiary alicyclic amines) is 2. The van der Waals surface area contributed by atoms with Crippen molar-refractivity contribution in [1.82, 2.24) is 19.8 Å². The Labute approximate surface area is 130 Å². The second-order valence-electron chi connectivity index (χ2n) is 6.32. The summed E-state index contributed by atoms with van der Waals surface area (Å²) in [7, 11) is 0. The predicted octanol–water partition coefficient (Wildman–Crippen LogP) is 1.78. The van der Waals surface area contributed by atoms with E-state index in [9.17, 15) is 9.59 Å². The SMILES string of the molecule is Cc1cnc([C@H]2CCCN2C(=O)CN2CCCCCC2=O)[nH]1. The summed E-state index contributed by atoms with van der Waals surface area (Å²) in [5.74, 6) is 1.03. The van der Waals surface area contributed by atoms with Crippen LogP contribution in [0.1, 0.15) is 56.1 Å². The van der Waals surface area contributed by atoms with Crippen LogP contribution in [0.4, 0.5) is 0 Å². The van der Waals surface area contributed by atoms with Crippen LogP contribution in [-0.2, 0) is 9.59 Å². The number of carbonyl (C=O) groups excluding carboxylic acids is 2. The number of imidazole rings is 1. The lowest BCUT2D eigenvalue weighted by Crippen LogP contribution is -2.42. The summed E-state index contributed by atoms with van der Waals surface area (Å²) in [4.78, 5) is 35.9. The summed E-state index contributed by atoms with van der Waals surface area (Å²) >= 11 is 0. The van der Waals surface area contributed by atoms with Gasteiger partial charge < -0.3 is 14.8 Å². The van der Waals surface area contributed by atoms with Gasteiger partial charge in [0.15, 0.2) is 0 Å². The van der Waals surface area contributed by atoms with E-state index in [1.807, 2.05) is 11.8 Å². The molecule has 0 unspecified atom stereocenters. The highest BCUT2D eigenvalue weighted by Gasteiger charge is 2.33. The van der Waals surface area contributed by atoms with Crippen LogP contribution in [0, 0.1) is 6.92 Å². The summed E-state index contributed by atoms with van der Waals surface area (Å²) in [6, 6.07) is 0.0308. The van der Waals surface area contributed by atoms with Gasteiger partial charge in [0, 0.05) is 31.4 Å². The van der Waals surface area contributed by atoms with Crippen LogP contribution >= 0.6 is 0 Å². The van der Waals surface area contributed by atoms with E-state index in [1.54, 1.807) is 11.1 Å². The first-order chi connectivity index (χ1) is 10.6. The molecule has 1 N–H and O–H groups in total. The number of rotatable bonds is 3. The molecule has 0 spiro atoms. The van der Waals surface area contributed by atoms with Gasteiger partial charge in [-0.2, -0.15) is 0 Å². The maximum absolute atomic E-state index is 12.7. The van der Waals surface area contributed by atoms with Crippen LogP contribution in [0.5, 0.6) is 0 Å². The molecule has 2 saturated heterocycles. The van der Waals surface area contributed by atoms with Crippen LogP contribution in [0.25, 0.3) is 0 Å². The van der Waals surface area contributed by atoms with E-state index in [4.69, 9.17) is 0 Å². The van der Waals surface area contributed by atoms with Crippen molar-refractivity contribution in [2.24, 2.45) is 0 Å². The van der Waals surface area contributed by atoms with Gasteiger partial charge in [-0.25, -0.2) is 4.98 Å². The molecule has 0 radical (unpaired) electrons. The average Bonchev–Trinajstić information content (AvgIpc) is 3.09. The second kappa shape index (κ2) is 6.50. The Morgan fingerprint density at radius 1 is 1.32 bits per heavy atom. The van der Waals surface area contributed by atoms with Crippen molar-refractivity contribution in [2.45, 2.75) is 51.5 Å². The van der Waals surface area contributed by atoms with E-state index >= 15 is 0 Å². The molecule has 1 atom stereocenters. The maximum atomic E-state index is 12.7. The van der Waals surface area contributed by atoms with Crippen LogP contribution < -0.4 is 0 Å². The number of hydrogen-bond donors (Lipinski definition) is 1. The van der Waals surface area contributed by atoms with Gasteiger partial charge in [0.05, 0.1) is 12.6 Å². The van der Waals surface area contributed by atoms with E-state index in [-0.39, 0.29) is 24.4 Å². The third-order valence-electron chi connectivity index (χ3n) is 4.61. The number of nitrogens with zero attached hydrogens (tertiary/aromatic N) is 3. The molecule has 0 bridgehead atoms. The molecule has 6 heteroatoms. The average molecular weight is 304 g/mol. The van der Waals surface area contributed by atoms with E-state index in [0.717, 1.165) is 50.2 Å². The predicted molar refractivity (Wildman–Crippen MR) is 82.1 cm³/mol. The minimum absolute atomic E-state index is 0.0308. The number of amides is 2. The van der Waals surface area contributed by atoms with Crippen LogP contribution in [-0.4, -0.2) is 51.2 Å². The first-order valence-corrected chi connectivity index (χ1v) is 8.24. The fourth-order valence-corrected chi connectivity index (χ4v) is 3.41. The minimum atomic E-state index is 0.0308. The van der Waals surface area contributed by atoms with Gasteiger partial charge in [-0.05, 0) is 32.6 Å². The molecular weight excluding hydrogens is 280 g/mol. The van der Waals surface area contributed by atoms with Gasteiger partial charge in [-0.15, -0.1) is 0 Å². The van der Waals surface area contributed by atoms with Crippen LogP contribution in [0.2, 0.25) is 0 Å². The third kappa shape index (κ3) is 3.15. The highest BCUT2D eigenvalue weighted by atomic mass is 16.2. The number of nitrogens with one attached hydrogen (secondary N) is 1. The molecule has 6 nitrogen and oxygen atoms in total. The highest BCUT2D eigenvalue weighted by Crippen LogP contribution is 2.30. The summed E-state index contributed by atoms with van der Waals surface area (Å²) in [5, 5.41) is 0. The zero-order valence-electron chi connectivity index (χ0n) is 13.2. The summed E-state index contributed by atoms with van der Waals surface area (Å²) in [6.07, 6.45) is 7.33. The minimum Gasteiger partial charge on any atom is -0.344 e.